The van der Waals surface area contributed by atoms with E-state index in [-0.39, 0.29) is 4.90 Å². The third kappa shape index (κ3) is 2.92. The van der Waals surface area contributed by atoms with Crippen LogP contribution in [-0.4, -0.2) is 18.4 Å². The molecule has 23 heavy (non-hydrogen) atoms. The molecule has 1 heterocycles. The topological polar surface area (TPSA) is 74.8 Å². The molecule has 0 radical (unpaired) electrons. The largest absolute Gasteiger partial charge is 0.342 e. The highest BCUT2D eigenvalue weighted by molar-refractivity contribution is 7.92. The number of hydrogen-bond acceptors (Lipinski definition) is 3. The van der Waals surface area contributed by atoms with Crippen LogP contribution in [0.2, 0.25) is 5.02 Å². The summed E-state index contributed by atoms with van der Waals surface area (Å²) in [5, 5.41) is 0.496. The molecule has 2 aromatic carbocycles. The number of sulfonamides is 1. The van der Waals surface area contributed by atoms with Crippen LogP contribution in [0.3, 0.4) is 0 Å². The summed E-state index contributed by atoms with van der Waals surface area (Å²) in [7, 11) is -3.64. The van der Waals surface area contributed by atoms with Gasteiger partial charge in [-0.25, -0.2) is 13.4 Å². The highest BCUT2D eigenvalue weighted by Gasteiger charge is 2.26. The first-order valence-corrected chi connectivity index (χ1v) is 9.15. The lowest BCUT2D eigenvalue weighted by atomic mass is 10.3. The van der Waals surface area contributed by atoms with Gasteiger partial charge in [0.2, 0.25) is 0 Å². The van der Waals surface area contributed by atoms with Crippen LogP contribution >= 0.6 is 11.6 Å². The van der Waals surface area contributed by atoms with Crippen molar-refractivity contribution in [2.24, 2.45) is 0 Å². The maximum absolute atomic E-state index is 12.4. The molecule has 118 valence electrons. The van der Waals surface area contributed by atoms with E-state index in [4.69, 9.17) is 11.6 Å². The standard InChI is InChI=1S/C16H14ClN3O2S/c17-11-3-6-13(7-4-11)23(21,22)20-12-5-8-14-15(9-12)19-16(18-14)10-1-2-10/h3-10,20H,1-2H2,(H,18,19). The maximum atomic E-state index is 12.4. The summed E-state index contributed by atoms with van der Waals surface area (Å²) in [6.07, 6.45) is 2.33. The summed E-state index contributed by atoms with van der Waals surface area (Å²) in [6, 6.07) is 11.4. The fourth-order valence-electron chi connectivity index (χ4n) is 2.47. The average molecular weight is 348 g/mol. The molecular formula is C16H14ClN3O2S. The number of hydrogen-bond donors (Lipinski definition) is 2. The van der Waals surface area contributed by atoms with Gasteiger partial charge in [0.1, 0.15) is 5.82 Å². The van der Waals surface area contributed by atoms with Crippen LogP contribution in [-0.2, 0) is 10.0 Å². The molecule has 0 aliphatic heterocycles. The Kier molecular flexibility index (Phi) is 3.32. The van der Waals surface area contributed by atoms with Crippen molar-refractivity contribution in [2.45, 2.75) is 23.7 Å². The number of aromatic amines is 1. The van der Waals surface area contributed by atoms with Gasteiger partial charge >= 0.3 is 0 Å². The van der Waals surface area contributed by atoms with E-state index in [0.717, 1.165) is 29.7 Å². The lowest BCUT2D eigenvalue weighted by Crippen LogP contribution is -2.12. The summed E-state index contributed by atoms with van der Waals surface area (Å²) in [5.41, 5.74) is 2.18. The molecular weight excluding hydrogens is 334 g/mol. The van der Waals surface area contributed by atoms with E-state index in [1.54, 1.807) is 24.3 Å². The first kappa shape index (κ1) is 14.5. The van der Waals surface area contributed by atoms with Gasteiger partial charge in [0.15, 0.2) is 0 Å². The van der Waals surface area contributed by atoms with E-state index in [1.807, 2.05) is 6.07 Å². The maximum Gasteiger partial charge on any atom is 0.261 e. The van der Waals surface area contributed by atoms with Crippen molar-refractivity contribution in [2.75, 3.05) is 4.72 Å². The minimum atomic E-state index is -3.64. The van der Waals surface area contributed by atoms with E-state index < -0.39 is 10.0 Å². The molecule has 0 bridgehead atoms. The van der Waals surface area contributed by atoms with Gasteiger partial charge in [-0.15, -0.1) is 0 Å². The monoisotopic (exact) mass is 347 g/mol. The lowest BCUT2D eigenvalue weighted by molar-refractivity contribution is 0.601. The number of nitrogens with zero attached hydrogens (tertiary/aromatic N) is 1. The van der Waals surface area contributed by atoms with Gasteiger partial charge in [0.25, 0.3) is 10.0 Å². The number of halogens is 1. The minimum absolute atomic E-state index is 0.172. The normalized spacial score (nSPS) is 15.0. The molecule has 4 rings (SSSR count). The van der Waals surface area contributed by atoms with Crippen LogP contribution in [0, 0.1) is 0 Å². The van der Waals surface area contributed by atoms with Gasteiger partial charge in [0, 0.05) is 10.9 Å². The molecule has 2 N–H and O–H groups in total. The zero-order valence-corrected chi connectivity index (χ0v) is 13.7. The molecule has 0 amide bonds. The number of fused-ring (bicyclic) bond motifs is 1. The van der Waals surface area contributed by atoms with Gasteiger partial charge in [-0.2, -0.15) is 0 Å². The second-order valence-corrected chi connectivity index (χ2v) is 7.81. The molecule has 0 spiro atoms. The van der Waals surface area contributed by atoms with Crippen LogP contribution in [0.15, 0.2) is 47.4 Å². The molecule has 5 nitrogen and oxygen atoms in total. The highest BCUT2D eigenvalue weighted by Crippen LogP contribution is 2.39. The van der Waals surface area contributed by atoms with Crippen molar-refractivity contribution < 1.29 is 8.42 Å². The first-order chi connectivity index (χ1) is 11.0. The molecule has 1 saturated carbocycles. The van der Waals surface area contributed by atoms with E-state index in [1.165, 1.54) is 12.1 Å². The van der Waals surface area contributed by atoms with E-state index in [0.29, 0.717) is 16.6 Å². The number of aromatic nitrogens is 2. The number of nitrogens with one attached hydrogen (secondary N) is 2. The summed E-state index contributed by atoms with van der Waals surface area (Å²) < 4.78 is 27.4. The third-order valence-corrected chi connectivity index (χ3v) is 5.49. The number of anilines is 1. The van der Waals surface area contributed by atoms with E-state index >= 15 is 0 Å². The van der Waals surface area contributed by atoms with Crippen molar-refractivity contribution in [1.82, 2.24) is 9.97 Å². The van der Waals surface area contributed by atoms with Crippen LogP contribution in [0.1, 0.15) is 24.6 Å². The smallest absolute Gasteiger partial charge is 0.261 e. The quantitative estimate of drug-likeness (QED) is 0.751. The zero-order chi connectivity index (χ0) is 16.0. The lowest BCUT2D eigenvalue weighted by Gasteiger charge is -2.08. The predicted molar refractivity (Wildman–Crippen MR) is 90.3 cm³/mol. The third-order valence-electron chi connectivity index (χ3n) is 3.84. The fraction of sp³-hybridized carbons (Fsp3) is 0.188. The number of imidazole rings is 1. The van der Waals surface area contributed by atoms with E-state index in [2.05, 4.69) is 14.7 Å². The minimum Gasteiger partial charge on any atom is -0.342 e. The first-order valence-electron chi connectivity index (χ1n) is 7.29. The molecule has 3 aromatic rings. The molecule has 0 saturated heterocycles. The van der Waals surface area contributed by atoms with Crippen molar-refractivity contribution in [1.29, 1.82) is 0 Å². The average Bonchev–Trinajstić information content (AvgIpc) is 3.27. The van der Waals surface area contributed by atoms with Gasteiger partial charge in [-0.1, -0.05) is 11.6 Å². The number of H-pyrrole nitrogens is 1. The van der Waals surface area contributed by atoms with Crippen molar-refractivity contribution in [3.8, 4) is 0 Å². The molecule has 7 heteroatoms. The van der Waals surface area contributed by atoms with Gasteiger partial charge in [0.05, 0.1) is 21.6 Å². The second kappa shape index (κ2) is 5.25. The molecule has 0 atom stereocenters. The van der Waals surface area contributed by atoms with Gasteiger partial charge in [-0.3, -0.25) is 4.72 Å². The van der Waals surface area contributed by atoms with Crippen molar-refractivity contribution >= 4 is 38.3 Å². The number of rotatable bonds is 4. The van der Waals surface area contributed by atoms with Crippen LogP contribution in [0.4, 0.5) is 5.69 Å². The van der Waals surface area contributed by atoms with E-state index in [9.17, 15) is 8.42 Å². The highest BCUT2D eigenvalue weighted by atomic mass is 35.5. The Bertz CT molecular complexity index is 976. The van der Waals surface area contributed by atoms with Crippen molar-refractivity contribution in [3.05, 3.63) is 53.3 Å². The molecule has 0 unspecified atom stereocenters. The summed E-state index contributed by atoms with van der Waals surface area (Å²) in [5.74, 6) is 1.51. The van der Waals surface area contributed by atoms with Crippen LogP contribution < -0.4 is 4.72 Å². The summed E-state index contributed by atoms with van der Waals surface area (Å²) in [4.78, 5) is 7.97. The Hall–Kier alpha value is -2.05. The Morgan fingerprint density at radius 2 is 1.87 bits per heavy atom. The Labute approximate surface area is 138 Å². The summed E-state index contributed by atoms with van der Waals surface area (Å²) >= 11 is 5.79. The zero-order valence-electron chi connectivity index (χ0n) is 12.1. The van der Waals surface area contributed by atoms with Gasteiger partial charge < -0.3 is 4.98 Å². The van der Waals surface area contributed by atoms with Crippen LogP contribution in [0.5, 0.6) is 0 Å². The Balaban J connectivity index is 1.64. The SMILES string of the molecule is O=S(=O)(Nc1ccc2nc(C3CC3)[nH]c2c1)c1ccc(Cl)cc1. The Morgan fingerprint density at radius 3 is 2.57 bits per heavy atom. The molecule has 1 aliphatic rings. The molecule has 1 aliphatic carbocycles. The summed E-state index contributed by atoms with van der Waals surface area (Å²) in [6.45, 7) is 0. The number of benzene rings is 2. The predicted octanol–water partition coefficient (Wildman–Crippen LogP) is 3.89. The van der Waals surface area contributed by atoms with Gasteiger partial charge in [-0.05, 0) is 55.3 Å². The Morgan fingerprint density at radius 1 is 1.13 bits per heavy atom. The van der Waals surface area contributed by atoms with Crippen LogP contribution in [0.25, 0.3) is 11.0 Å². The fourth-order valence-corrected chi connectivity index (χ4v) is 3.65. The second-order valence-electron chi connectivity index (χ2n) is 5.69. The molecule has 1 aromatic heterocycles. The molecule has 1 fully saturated rings. The van der Waals surface area contributed by atoms with Crippen molar-refractivity contribution in [3.63, 3.8) is 0 Å².